The minimum atomic E-state index is -0.171. The summed E-state index contributed by atoms with van der Waals surface area (Å²) in [6.07, 6.45) is 1.62. The molecule has 5 nitrogen and oxygen atoms in total. The van der Waals surface area contributed by atoms with Gasteiger partial charge in [-0.15, -0.1) is 0 Å². The van der Waals surface area contributed by atoms with E-state index in [0.29, 0.717) is 16.7 Å². The predicted octanol–water partition coefficient (Wildman–Crippen LogP) is 2.16. The molecule has 0 aliphatic rings. The molecule has 0 saturated heterocycles. The van der Waals surface area contributed by atoms with Gasteiger partial charge >= 0.3 is 0 Å². The molecule has 1 heterocycles. The van der Waals surface area contributed by atoms with Crippen molar-refractivity contribution in [3.05, 3.63) is 50.9 Å². The average Bonchev–Trinajstić information content (AvgIpc) is 2.44. The van der Waals surface area contributed by atoms with Gasteiger partial charge in [0, 0.05) is 13.6 Å². The molecule has 0 aliphatic heterocycles. The molecule has 2 aromatic rings. The quantitative estimate of drug-likeness (QED) is 0.936. The van der Waals surface area contributed by atoms with E-state index in [1.165, 1.54) is 4.68 Å². The van der Waals surface area contributed by atoms with E-state index in [1.54, 1.807) is 20.4 Å². The van der Waals surface area contributed by atoms with Crippen LogP contribution in [0.1, 0.15) is 5.56 Å². The Morgan fingerprint density at radius 3 is 3.00 bits per heavy atom. The second-order valence-corrected chi connectivity index (χ2v) is 4.80. The first kappa shape index (κ1) is 13.6. The summed E-state index contributed by atoms with van der Waals surface area (Å²) in [7, 11) is 3.24. The minimum Gasteiger partial charge on any atom is -0.497 e. The van der Waals surface area contributed by atoms with E-state index in [0.717, 1.165) is 11.3 Å². The number of benzene rings is 1. The zero-order valence-electron chi connectivity index (χ0n) is 10.7. The number of rotatable bonds is 4. The molecule has 1 N–H and O–H groups in total. The van der Waals surface area contributed by atoms with Crippen LogP contribution in [-0.4, -0.2) is 16.9 Å². The molecule has 19 heavy (non-hydrogen) atoms. The summed E-state index contributed by atoms with van der Waals surface area (Å²) in [6.45, 7) is 0.588. The number of aryl methyl sites for hydroxylation is 1. The average molecular weight is 324 g/mol. The van der Waals surface area contributed by atoms with Crippen molar-refractivity contribution in [2.75, 3.05) is 12.4 Å². The van der Waals surface area contributed by atoms with E-state index in [9.17, 15) is 4.79 Å². The van der Waals surface area contributed by atoms with Crippen molar-refractivity contribution in [1.82, 2.24) is 9.78 Å². The summed E-state index contributed by atoms with van der Waals surface area (Å²) in [5, 5.41) is 7.14. The zero-order chi connectivity index (χ0) is 13.8. The van der Waals surface area contributed by atoms with Gasteiger partial charge in [-0.05, 0) is 33.6 Å². The highest BCUT2D eigenvalue weighted by molar-refractivity contribution is 9.10. The second-order valence-electron chi connectivity index (χ2n) is 4.01. The smallest absolute Gasteiger partial charge is 0.282 e. The number of ether oxygens (including phenoxy) is 1. The Hall–Kier alpha value is -1.82. The molecule has 0 spiro atoms. The molecule has 0 aliphatic carbocycles. The van der Waals surface area contributed by atoms with E-state index < -0.39 is 0 Å². The van der Waals surface area contributed by atoms with Crippen molar-refractivity contribution in [2.45, 2.75) is 6.54 Å². The fraction of sp³-hybridized carbons (Fsp3) is 0.231. The monoisotopic (exact) mass is 323 g/mol. The number of anilines is 1. The Morgan fingerprint density at radius 1 is 1.47 bits per heavy atom. The van der Waals surface area contributed by atoms with E-state index >= 15 is 0 Å². The summed E-state index contributed by atoms with van der Waals surface area (Å²) in [5.41, 5.74) is 1.56. The predicted molar refractivity (Wildman–Crippen MR) is 77.5 cm³/mol. The largest absolute Gasteiger partial charge is 0.497 e. The Bertz CT molecular complexity index is 640. The van der Waals surface area contributed by atoms with E-state index in [-0.39, 0.29) is 5.56 Å². The fourth-order valence-electron chi connectivity index (χ4n) is 1.61. The van der Waals surface area contributed by atoms with Crippen LogP contribution in [-0.2, 0) is 13.6 Å². The lowest BCUT2D eigenvalue weighted by Gasteiger charge is -2.09. The topological polar surface area (TPSA) is 56.1 Å². The number of aromatic nitrogens is 2. The number of nitrogens with zero attached hydrogens (tertiary/aromatic N) is 2. The second kappa shape index (κ2) is 5.88. The SMILES string of the molecule is COc1cccc(CNc2cnn(C)c(=O)c2Br)c1. The van der Waals surface area contributed by atoms with Crippen LogP contribution in [0, 0.1) is 0 Å². The highest BCUT2D eigenvalue weighted by atomic mass is 79.9. The van der Waals surface area contributed by atoms with Gasteiger partial charge in [-0.1, -0.05) is 12.1 Å². The standard InChI is InChI=1S/C13H14BrN3O2/c1-17-13(18)12(14)11(8-16-17)15-7-9-4-3-5-10(6-9)19-2/h3-6,8,15H,7H2,1-2H3. The Balaban J connectivity index is 2.14. The van der Waals surface area contributed by atoms with Crippen LogP contribution >= 0.6 is 15.9 Å². The van der Waals surface area contributed by atoms with Crippen molar-refractivity contribution < 1.29 is 4.74 Å². The van der Waals surface area contributed by atoms with Crippen LogP contribution in [0.5, 0.6) is 5.75 Å². The fourth-order valence-corrected chi connectivity index (χ4v) is 2.11. The van der Waals surface area contributed by atoms with Crippen LogP contribution in [0.25, 0.3) is 0 Å². The Morgan fingerprint density at radius 2 is 2.26 bits per heavy atom. The molecule has 0 bridgehead atoms. The highest BCUT2D eigenvalue weighted by Crippen LogP contribution is 2.18. The summed E-state index contributed by atoms with van der Waals surface area (Å²) < 4.78 is 6.92. The van der Waals surface area contributed by atoms with Crippen LogP contribution < -0.4 is 15.6 Å². The van der Waals surface area contributed by atoms with Crippen molar-refractivity contribution in [3.63, 3.8) is 0 Å². The van der Waals surface area contributed by atoms with Gasteiger partial charge in [0.25, 0.3) is 5.56 Å². The Kier molecular flexibility index (Phi) is 4.21. The number of hydrogen-bond acceptors (Lipinski definition) is 4. The van der Waals surface area contributed by atoms with Crippen LogP contribution in [0.15, 0.2) is 39.7 Å². The van der Waals surface area contributed by atoms with E-state index in [1.807, 2.05) is 24.3 Å². The van der Waals surface area contributed by atoms with Gasteiger partial charge in [-0.2, -0.15) is 5.10 Å². The Labute approximate surface area is 119 Å². The van der Waals surface area contributed by atoms with Crippen molar-refractivity contribution in [2.24, 2.45) is 7.05 Å². The molecular formula is C13H14BrN3O2. The molecule has 6 heteroatoms. The van der Waals surface area contributed by atoms with Crippen LogP contribution in [0.4, 0.5) is 5.69 Å². The third kappa shape index (κ3) is 3.14. The molecule has 1 aromatic heterocycles. The maximum atomic E-state index is 11.7. The minimum absolute atomic E-state index is 0.171. The summed E-state index contributed by atoms with van der Waals surface area (Å²) >= 11 is 3.27. The maximum absolute atomic E-state index is 11.7. The lowest BCUT2D eigenvalue weighted by Crippen LogP contribution is -2.21. The van der Waals surface area contributed by atoms with Crippen molar-refractivity contribution >= 4 is 21.6 Å². The van der Waals surface area contributed by atoms with Gasteiger partial charge in [0.2, 0.25) is 0 Å². The van der Waals surface area contributed by atoms with Gasteiger partial charge < -0.3 is 10.1 Å². The van der Waals surface area contributed by atoms with Crippen molar-refractivity contribution in [1.29, 1.82) is 0 Å². The third-order valence-electron chi connectivity index (χ3n) is 2.70. The van der Waals surface area contributed by atoms with Crippen LogP contribution in [0.3, 0.4) is 0 Å². The number of nitrogens with one attached hydrogen (secondary N) is 1. The van der Waals surface area contributed by atoms with E-state index in [4.69, 9.17) is 4.74 Å². The lowest BCUT2D eigenvalue weighted by atomic mass is 10.2. The third-order valence-corrected chi connectivity index (χ3v) is 3.46. The molecule has 0 unspecified atom stereocenters. The first-order valence-corrected chi connectivity index (χ1v) is 6.49. The zero-order valence-corrected chi connectivity index (χ0v) is 12.3. The normalized spacial score (nSPS) is 10.3. The molecule has 2 rings (SSSR count). The maximum Gasteiger partial charge on any atom is 0.282 e. The molecule has 100 valence electrons. The number of methoxy groups -OCH3 is 1. The molecule has 1 aromatic carbocycles. The van der Waals surface area contributed by atoms with Crippen molar-refractivity contribution in [3.8, 4) is 5.75 Å². The number of halogens is 1. The summed E-state index contributed by atoms with van der Waals surface area (Å²) in [4.78, 5) is 11.7. The summed E-state index contributed by atoms with van der Waals surface area (Å²) in [6, 6.07) is 7.74. The first-order valence-electron chi connectivity index (χ1n) is 5.70. The van der Waals surface area contributed by atoms with E-state index in [2.05, 4.69) is 26.3 Å². The first-order chi connectivity index (χ1) is 9.11. The van der Waals surface area contributed by atoms with Gasteiger partial charge in [0.15, 0.2) is 0 Å². The van der Waals surface area contributed by atoms with Gasteiger partial charge in [-0.3, -0.25) is 4.79 Å². The molecule has 0 atom stereocenters. The van der Waals surface area contributed by atoms with Gasteiger partial charge in [-0.25, -0.2) is 4.68 Å². The molecular weight excluding hydrogens is 310 g/mol. The number of hydrogen-bond donors (Lipinski definition) is 1. The molecule has 0 amide bonds. The molecule has 0 saturated carbocycles. The lowest BCUT2D eigenvalue weighted by molar-refractivity contribution is 0.414. The molecule has 0 radical (unpaired) electrons. The molecule has 0 fully saturated rings. The van der Waals surface area contributed by atoms with Gasteiger partial charge in [0.1, 0.15) is 10.2 Å². The highest BCUT2D eigenvalue weighted by Gasteiger charge is 2.06. The van der Waals surface area contributed by atoms with Gasteiger partial charge in [0.05, 0.1) is 19.0 Å². The summed E-state index contributed by atoms with van der Waals surface area (Å²) in [5.74, 6) is 0.806. The van der Waals surface area contributed by atoms with Crippen LogP contribution in [0.2, 0.25) is 0 Å².